The lowest BCUT2D eigenvalue weighted by atomic mass is 10.2. The maximum absolute atomic E-state index is 12.3. The molecule has 2 aromatic rings. The van der Waals surface area contributed by atoms with Crippen LogP contribution in [0, 0.1) is 0 Å². The highest BCUT2D eigenvalue weighted by atomic mass is 35.5. The number of nitrogens with zero attached hydrogens (tertiary/aromatic N) is 1. The molecule has 7 heteroatoms. The molecule has 0 aliphatic carbocycles. The Labute approximate surface area is 118 Å². The van der Waals surface area contributed by atoms with Gasteiger partial charge in [-0.2, -0.15) is 8.78 Å². The van der Waals surface area contributed by atoms with Crippen LogP contribution in [0.15, 0.2) is 29.1 Å². The summed E-state index contributed by atoms with van der Waals surface area (Å²) in [6, 6.07) is 4.56. The summed E-state index contributed by atoms with van der Waals surface area (Å²) in [4.78, 5) is 4.11. The van der Waals surface area contributed by atoms with Gasteiger partial charge in [-0.3, -0.25) is 0 Å². The Hall–Kier alpha value is -1.24. The molecule has 0 bridgehead atoms. The summed E-state index contributed by atoms with van der Waals surface area (Å²) in [7, 11) is 0. The molecule has 0 aliphatic heterocycles. The third-order valence-electron chi connectivity index (χ3n) is 2.34. The zero-order valence-electron chi connectivity index (χ0n) is 9.78. The van der Waals surface area contributed by atoms with E-state index in [1.807, 2.05) is 5.38 Å². The van der Waals surface area contributed by atoms with E-state index < -0.39 is 6.61 Å². The molecule has 0 fully saturated rings. The van der Waals surface area contributed by atoms with Gasteiger partial charge >= 0.3 is 6.61 Å². The maximum atomic E-state index is 12.3. The Morgan fingerprint density at radius 2 is 2.21 bits per heavy atom. The van der Waals surface area contributed by atoms with E-state index in [0.717, 1.165) is 5.69 Å². The number of rotatable bonds is 6. The predicted molar refractivity (Wildman–Crippen MR) is 70.7 cm³/mol. The van der Waals surface area contributed by atoms with Crippen LogP contribution in [0.5, 0.6) is 5.75 Å². The molecule has 0 unspecified atom stereocenters. The van der Waals surface area contributed by atoms with E-state index >= 15 is 0 Å². The number of aromatic nitrogens is 1. The minimum absolute atomic E-state index is 0.130. The first-order chi connectivity index (χ1) is 9.15. The topological polar surface area (TPSA) is 34.1 Å². The minimum atomic E-state index is -2.85. The van der Waals surface area contributed by atoms with Crippen LogP contribution in [-0.2, 0) is 13.1 Å². The van der Waals surface area contributed by atoms with Crippen molar-refractivity contribution in [1.29, 1.82) is 0 Å². The van der Waals surface area contributed by atoms with Gasteiger partial charge in [-0.25, -0.2) is 4.98 Å². The van der Waals surface area contributed by atoms with Crippen molar-refractivity contribution in [3.63, 3.8) is 0 Å². The van der Waals surface area contributed by atoms with Crippen molar-refractivity contribution in [1.82, 2.24) is 10.3 Å². The van der Waals surface area contributed by atoms with Crippen LogP contribution in [0.1, 0.15) is 11.3 Å². The SMILES string of the molecule is FC(F)Oc1ccc(Cl)cc1CNCc1cscn1. The van der Waals surface area contributed by atoms with Crippen LogP contribution in [0.4, 0.5) is 8.78 Å². The fourth-order valence-corrected chi connectivity index (χ4v) is 2.30. The number of hydrogen-bond donors (Lipinski definition) is 1. The highest BCUT2D eigenvalue weighted by Gasteiger charge is 2.10. The van der Waals surface area contributed by atoms with Crippen molar-refractivity contribution in [2.24, 2.45) is 0 Å². The van der Waals surface area contributed by atoms with Crippen molar-refractivity contribution in [2.75, 3.05) is 0 Å². The van der Waals surface area contributed by atoms with E-state index in [4.69, 9.17) is 11.6 Å². The van der Waals surface area contributed by atoms with E-state index in [2.05, 4.69) is 15.0 Å². The molecule has 1 heterocycles. The fourth-order valence-electron chi connectivity index (χ4n) is 1.55. The standard InChI is InChI=1S/C12H11ClF2N2OS/c13-9-1-2-11(18-12(14)15)8(3-9)4-16-5-10-6-19-7-17-10/h1-3,6-7,12,16H,4-5H2. The molecule has 0 aliphatic rings. The van der Waals surface area contributed by atoms with E-state index in [0.29, 0.717) is 23.7 Å². The highest BCUT2D eigenvalue weighted by molar-refractivity contribution is 7.07. The Bertz CT molecular complexity index is 522. The fraction of sp³-hybridized carbons (Fsp3) is 0.250. The molecular weight excluding hydrogens is 294 g/mol. The van der Waals surface area contributed by atoms with Gasteiger partial charge in [0, 0.05) is 29.1 Å². The summed E-state index contributed by atoms with van der Waals surface area (Å²) in [5, 5.41) is 5.50. The van der Waals surface area contributed by atoms with Crippen LogP contribution in [-0.4, -0.2) is 11.6 Å². The van der Waals surface area contributed by atoms with Gasteiger partial charge in [-0.05, 0) is 18.2 Å². The van der Waals surface area contributed by atoms with Gasteiger partial charge in [-0.15, -0.1) is 11.3 Å². The Kier molecular flexibility index (Phi) is 5.07. The first kappa shape index (κ1) is 14.2. The van der Waals surface area contributed by atoms with Gasteiger partial charge in [-0.1, -0.05) is 11.6 Å². The van der Waals surface area contributed by atoms with E-state index in [1.165, 1.54) is 23.5 Å². The van der Waals surface area contributed by atoms with Crippen molar-refractivity contribution in [2.45, 2.75) is 19.7 Å². The van der Waals surface area contributed by atoms with Crippen LogP contribution < -0.4 is 10.1 Å². The van der Waals surface area contributed by atoms with E-state index in [1.54, 1.807) is 11.6 Å². The second kappa shape index (κ2) is 6.79. The summed E-state index contributed by atoms with van der Waals surface area (Å²) in [6.45, 7) is -1.91. The molecule has 0 saturated heterocycles. The molecule has 19 heavy (non-hydrogen) atoms. The lowest BCUT2D eigenvalue weighted by Crippen LogP contribution is -2.14. The molecule has 0 saturated carbocycles. The van der Waals surface area contributed by atoms with Crippen molar-refractivity contribution in [3.8, 4) is 5.75 Å². The van der Waals surface area contributed by atoms with E-state index in [9.17, 15) is 8.78 Å². The molecule has 1 aromatic carbocycles. The zero-order valence-corrected chi connectivity index (χ0v) is 11.3. The molecule has 1 aromatic heterocycles. The number of ether oxygens (including phenoxy) is 1. The van der Waals surface area contributed by atoms with Gasteiger partial charge in [0.2, 0.25) is 0 Å². The second-order valence-corrected chi connectivity index (χ2v) is 4.87. The summed E-state index contributed by atoms with van der Waals surface area (Å²) in [6.07, 6.45) is 0. The molecule has 0 spiro atoms. The quantitative estimate of drug-likeness (QED) is 0.884. The van der Waals surface area contributed by atoms with Crippen LogP contribution in [0.3, 0.4) is 0 Å². The summed E-state index contributed by atoms with van der Waals surface area (Å²) < 4.78 is 29.0. The van der Waals surface area contributed by atoms with Crippen molar-refractivity contribution >= 4 is 22.9 Å². The zero-order chi connectivity index (χ0) is 13.7. The normalized spacial score (nSPS) is 10.9. The predicted octanol–water partition coefficient (Wildman–Crippen LogP) is 3.69. The molecule has 0 radical (unpaired) electrons. The maximum Gasteiger partial charge on any atom is 0.387 e. The van der Waals surface area contributed by atoms with Crippen molar-refractivity contribution in [3.05, 3.63) is 45.4 Å². The summed E-state index contributed by atoms with van der Waals surface area (Å²) >= 11 is 7.35. The van der Waals surface area contributed by atoms with Crippen LogP contribution in [0.25, 0.3) is 0 Å². The Morgan fingerprint density at radius 1 is 1.37 bits per heavy atom. The highest BCUT2D eigenvalue weighted by Crippen LogP contribution is 2.24. The first-order valence-corrected chi connectivity index (χ1v) is 6.78. The number of nitrogens with one attached hydrogen (secondary N) is 1. The van der Waals surface area contributed by atoms with Gasteiger partial charge in [0.15, 0.2) is 0 Å². The van der Waals surface area contributed by atoms with Crippen molar-refractivity contribution < 1.29 is 13.5 Å². The number of halogens is 3. The third kappa shape index (κ3) is 4.41. The lowest BCUT2D eigenvalue weighted by molar-refractivity contribution is -0.0505. The van der Waals surface area contributed by atoms with Gasteiger partial charge in [0.1, 0.15) is 5.75 Å². The largest absolute Gasteiger partial charge is 0.434 e. The number of alkyl halides is 2. The molecular formula is C12H11ClF2N2OS. The van der Waals surface area contributed by atoms with Crippen LogP contribution in [0.2, 0.25) is 5.02 Å². The molecule has 3 nitrogen and oxygen atoms in total. The first-order valence-electron chi connectivity index (χ1n) is 5.46. The molecule has 2 rings (SSSR count). The van der Waals surface area contributed by atoms with Gasteiger partial charge < -0.3 is 10.1 Å². The third-order valence-corrected chi connectivity index (χ3v) is 3.21. The number of benzene rings is 1. The average Bonchev–Trinajstić information content (AvgIpc) is 2.85. The summed E-state index contributed by atoms with van der Waals surface area (Å²) in [5.74, 6) is 0.130. The molecule has 0 amide bonds. The Balaban J connectivity index is 1.99. The lowest BCUT2D eigenvalue weighted by Gasteiger charge is -2.11. The van der Waals surface area contributed by atoms with Gasteiger partial charge in [0.05, 0.1) is 11.2 Å². The minimum Gasteiger partial charge on any atom is -0.434 e. The van der Waals surface area contributed by atoms with Gasteiger partial charge in [0.25, 0.3) is 0 Å². The van der Waals surface area contributed by atoms with Crippen LogP contribution >= 0.6 is 22.9 Å². The number of thiazole rings is 1. The molecule has 1 N–H and O–H groups in total. The molecule has 102 valence electrons. The smallest absolute Gasteiger partial charge is 0.387 e. The summed E-state index contributed by atoms with van der Waals surface area (Å²) in [5.41, 5.74) is 3.23. The van der Waals surface area contributed by atoms with E-state index in [-0.39, 0.29) is 5.75 Å². The monoisotopic (exact) mass is 304 g/mol. The number of hydrogen-bond acceptors (Lipinski definition) is 4. The average molecular weight is 305 g/mol. The second-order valence-electron chi connectivity index (χ2n) is 3.71. The Morgan fingerprint density at radius 3 is 2.89 bits per heavy atom. The molecule has 0 atom stereocenters.